The molecule has 1 radical (unpaired) electrons. The average molecular weight is 980 g/mol. The van der Waals surface area contributed by atoms with Gasteiger partial charge in [0.25, 0.3) is 0 Å². The Labute approximate surface area is 376 Å². The number of benzene rings is 4. The molecule has 0 saturated heterocycles. The molecule has 0 saturated carbocycles. The van der Waals surface area contributed by atoms with Crippen molar-refractivity contribution in [1.29, 1.82) is 0 Å². The van der Waals surface area contributed by atoms with E-state index in [0.29, 0.717) is 5.71 Å². The molecule has 0 unspecified atom stereocenters. The molecule has 1 aliphatic rings. The first-order chi connectivity index (χ1) is 28.6. The van der Waals surface area contributed by atoms with Crippen molar-refractivity contribution < 1.29 is 24.5 Å². The molecular weight excluding hydrogens is 926 g/mol. The second kappa shape index (κ2) is 17.1. The van der Waals surface area contributed by atoms with E-state index in [9.17, 15) is 0 Å². The Morgan fingerprint density at radius 2 is 1.43 bits per heavy atom. The van der Waals surface area contributed by atoms with Gasteiger partial charge in [-0.3, -0.25) is 0 Å². The van der Waals surface area contributed by atoms with E-state index in [4.69, 9.17) is 4.42 Å². The maximum atomic E-state index is 6.08. The Balaban J connectivity index is 0.000000191. The molecule has 8 heteroatoms. The van der Waals surface area contributed by atoms with Gasteiger partial charge in [0.2, 0.25) is 5.71 Å². The largest absolute Gasteiger partial charge is 0.486 e. The van der Waals surface area contributed by atoms with Crippen molar-refractivity contribution >= 4 is 45.9 Å². The van der Waals surface area contributed by atoms with Crippen molar-refractivity contribution in [3.8, 4) is 33.6 Å². The van der Waals surface area contributed by atoms with Crippen LogP contribution in [-0.4, -0.2) is 36.0 Å². The Morgan fingerprint density at radius 1 is 0.689 bits per heavy atom. The molecule has 0 spiro atoms. The van der Waals surface area contributed by atoms with Crippen molar-refractivity contribution in [2.24, 2.45) is 5.41 Å². The van der Waals surface area contributed by atoms with E-state index in [1.54, 1.807) is 0 Å². The number of aromatic nitrogens is 3. The van der Waals surface area contributed by atoms with Crippen LogP contribution in [0.4, 0.5) is 11.4 Å². The van der Waals surface area contributed by atoms with Crippen molar-refractivity contribution in [1.82, 2.24) is 15.0 Å². The third-order valence-corrected chi connectivity index (χ3v) is 11.8. The number of hydrogen-bond donors (Lipinski definition) is 0. The predicted octanol–water partition coefficient (Wildman–Crippen LogP) is 12.1. The molecular formula is C53H54BIrN5O-2. The SMILES string of the molecule is Cc1cc(C)c(B2N(C)c3ccc(-c4cc(-c5cc(C)c(C)cn5)[c-]cc4C)cc3N2C)c(C)c1.Cc1ccc2c(n1)oc1c(-c3cc(CC(C)(C)C)ccn3)[c-]ccc12.[Ir]. The maximum absolute atomic E-state index is 6.08. The summed E-state index contributed by atoms with van der Waals surface area (Å²) in [6.45, 7) is 21.9. The predicted molar refractivity (Wildman–Crippen MR) is 252 cm³/mol. The third kappa shape index (κ3) is 8.67. The quantitative estimate of drug-likeness (QED) is 0.127. The zero-order valence-electron chi connectivity index (χ0n) is 37.5. The van der Waals surface area contributed by atoms with Crippen molar-refractivity contribution in [2.45, 2.75) is 75.7 Å². The van der Waals surface area contributed by atoms with Crippen molar-refractivity contribution in [2.75, 3.05) is 23.7 Å². The second-order valence-corrected chi connectivity index (χ2v) is 18.0. The van der Waals surface area contributed by atoms with E-state index in [-0.39, 0.29) is 32.5 Å². The summed E-state index contributed by atoms with van der Waals surface area (Å²) in [6, 6.07) is 36.9. The Bertz CT molecular complexity index is 2910. The molecule has 8 aromatic rings. The van der Waals surface area contributed by atoms with Crippen molar-refractivity contribution in [3.05, 3.63) is 154 Å². The first-order valence-corrected chi connectivity index (χ1v) is 20.9. The number of hydrogen-bond acceptors (Lipinski definition) is 6. The monoisotopic (exact) mass is 980 g/mol. The molecule has 0 amide bonds. The van der Waals surface area contributed by atoms with Crippen LogP contribution in [-0.2, 0) is 26.5 Å². The van der Waals surface area contributed by atoms with Gasteiger partial charge < -0.3 is 24.0 Å². The van der Waals surface area contributed by atoms with Crippen LogP contribution in [0.15, 0.2) is 102 Å². The van der Waals surface area contributed by atoms with E-state index in [0.717, 1.165) is 51.0 Å². The van der Waals surface area contributed by atoms with Crippen LogP contribution in [0.1, 0.15) is 65.4 Å². The summed E-state index contributed by atoms with van der Waals surface area (Å²) in [5.41, 5.74) is 21.7. The smallest absolute Gasteiger partial charge is 0.411 e. The van der Waals surface area contributed by atoms with Gasteiger partial charge in [0.05, 0.1) is 5.58 Å². The topological polar surface area (TPSA) is 58.3 Å². The molecule has 9 rings (SSSR count). The van der Waals surface area contributed by atoms with E-state index >= 15 is 0 Å². The van der Waals surface area contributed by atoms with Crippen LogP contribution in [0.5, 0.6) is 0 Å². The van der Waals surface area contributed by atoms with Crippen molar-refractivity contribution in [3.63, 3.8) is 0 Å². The normalized spacial score (nSPS) is 12.4. The van der Waals surface area contributed by atoms with Crippen LogP contribution in [0.3, 0.4) is 0 Å². The van der Waals surface area contributed by atoms with Gasteiger partial charge >= 0.3 is 6.98 Å². The third-order valence-electron chi connectivity index (χ3n) is 11.8. The number of rotatable bonds is 5. The van der Waals surface area contributed by atoms with E-state index in [2.05, 4.69) is 180 Å². The number of fused-ring (bicyclic) bond motifs is 4. The van der Waals surface area contributed by atoms with Gasteiger partial charge in [0, 0.05) is 55.0 Å². The zero-order valence-corrected chi connectivity index (χ0v) is 39.9. The van der Waals surface area contributed by atoms with Crippen LogP contribution in [0.25, 0.3) is 55.7 Å². The molecule has 4 aromatic carbocycles. The van der Waals surface area contributed by atoms with Gasteiger partial charge in [-0.25, -0.2) is 4.98 Å². The van der Waals surface area contributed by atoms with Crippen LogP contribution >= 0.6 is 0 Å². The minimum Gasteiger partial charge on any atom is -0.486 e. The molecule has 311 valence electrons. The molecule has 1 aliphatic heterocycles. The fraction of sp³-hybridized carbons (Fsp3) is 0.264. The van der Waals surface area contributed by atoms with Crippen LogP contribution in [0, 0.1) is 66.0 Å². The summed E-state index contributed by atoms with van der Waals surface area (Å²) >= 11 is 0. The molecule has 0 aliphatic carbocycles. The number of aryl methyl sites for hydroxylation is 7. The first kappa shape index (κ1) is 43.5. The number of nitrogens with zero attached hydrogens (tertiary/aromatic N) is 5. The average Bonchev–Trinajstić information content (AvgIpc) is 3.68. The van der Waals surface area contributed by atoms with E-state index in [1.165, 1.54) is 66.9 Å². The minimum atomic E-state index is 0. The standard InChI is InChI=1S/C31H33BN3.C22H21N2O.Ir/c1-19-13-22(4)31(23(5)14-19)32-34(7)29-12-11-25(17-30(29)35(32)8)27-16-26(10-9-20(27)2)28-15-21(3)24(6)18-33-28;1-14-8-9-17-16-6-5-7-18(20(16)25-21(17)24-14)19-12-15(10-11-23-19)13-22(2,3)4;/h9,11-18H,1-8H3;5-6,8-12H,13H2,1-4H3;/q2*-1;. The summed E-state index contributed by atoms with van der Waals surface area (Å²) in [5.74, 6) is 0. The Morgan fingerprint density at radius 3 is 2.15 bits per heavy atom. The maximum Gasteiger partial charge on any atom is 0.411 e. The summed E-state index contributed by atoms with van der Waals surface area (Å²) in [7, 11) is 4.42. The van der Waals surface area contributed by atoms with Gasteiger partial charge in [0.15, 0.2) is 0 Å². The van der Waals surface area contributed by atoms with Crippen LogP contribution < -0.4 is 15.1 Å². The molecule has 0 bridgehead atoms. The van der Waals surface area contributed by atoms with Crippen LogP contribution in [0.2, 0.25) is 0 Å². The summed E-state index contributed by atoms with van der Waals surface area (Å²) in [4.78, 5) is 18.6. The summed E-state index contributed by atoms with van der Waals surface area (Å²) in [6.07, 6.45) is 4.82. The van der Waals surface area contributed by atoms with Gasteiger partial charge in [-0.15, -0.1) is 47.5 Å². The second-order valence-electron chi connectivity index (χ2n) is 18.0. The van der Waals surface area contributed by atoms with E-state index < -0.39 is 0 Å². The fourth-order valence-corrected chi connectivity index (χ4v) is 8.81. The number of anilines is 2. The Hall–Kier alpha value is -5.56. The molecule has 0 N–H and O–H groups in total. The molecule has 0 fully saturated rings. The molecule has 4 aromatic heterocycles. The fourth-order valence-electron chi connectivity index (χ4n) is 8.81. The zero-order chi connectivity index (χ0) is 42.6. The van der Waals surface area contributed by atoms with Gasteiger partial charge in [-0.1, -0.05) is 102 Å². The summed E-state index contributed by atoms with van der Waals surface area (Å²) in [5, 5.41) is 2.08. The summed E-state index contributed by atoms with van der Waals surface area (Å²) < 4.78 is 6.08. The molecule has 5 heterocycles. The number of pyridine rings is 3. The molecule has 6 nitrogen and oxygen atoms in total. The van der Waals surface area contributed by atoms with Gasteiger partial charge in [0.1, 0.15) is 0 Å². The minimum absolute atomic E-state index is 0. The molecule has 0 atom stereocenters. The molecule has 61 heavy (non-hydrogen) atoms. The van der Waals surface area contributed by atoms with Gasteiger partial charge in [-0.2, -0.15) is 0 Å². The van der Waals surface area contributed by atoms with E-state index in [1.807, 2.05) is 37.5 Å². The Kier molecular flexibility index (Phi) is 12.2. The van der Waals surface area contributed by atoms with Gasteiger partial charge in [-0.05, 0) is 126 Å². The number of furan rings is 1. The first-order valence-electron chi connectivity index (χ1n) is 20.9.